The van der Waals surface area contributed by atoms with Crippen molar-refractivity contribution in [3.63, 3.8) is 0 Å². The predicted octanol–water partition coefficient (Wildman–Crippen LogP) is 2.19. The molecule has 1 aromatic heterocycles. The third-order valence-electron chi connectivity index (χ3n) is 6.51. The Balaban J connectivity index is 1.41. The minimum absolute atomic E-state index is 0.160. The molecule has 0 radical (unpaired) electrons. The van der Waals surface area contributed by atoms with Crippen molar-refractivity contribution >= 4 is 29.5 Å². The van der Waals surface area contributed by atoms with Crippen LogP contribution < -0.4 is 10.9 Å². The fraction of sp³-hybridized carbons (Fsp3) is 0.348. The van der Waals surface area contributed by atoms with Gasteiger partial charge in [-0.25, -0.2) is 0 Å². The first-order valence-electron chi connectivity index (χ1n) is 10.7. The molecule has 2 aliphatic rings. The molecule has 3 aromatic rings. The molecule has 0 spiro atoms. The monoisotopic (exact) mass is 441 g/mol. The molecule has 2 fully saturated rings. The van der Waals surface area contributed by atoms with E-state index in [-0.39, 0.29) is 23.2 Å². The second-order valence-corrected chi connectivity index (χ2v) is 12.3. The van der Waals surface area contributed by atoms with Crippen LogP contribution in [-0.4, -0.2) is 51.3 Å². The van der Waals surface area contributed by atoms with Gasteiger partial charge in [0.2, 0.25) is 0 Å². The van der Waals surface area contributed by atoms with E-state index in [9.17, 15) is 18.9 Å². The van der Waals surface area contributed by atoms with Crippen molar-refractivity contribution in [3.8, 4) is 0 Å². The SMILES string of the molecule is O=C(C1CC1)N1CC[PH](O)(c2cc(Cc3n[nH]c(=O)c4ccccc34)ccc2F)CC1. The molecule has 5 rings (SSSR count). The van der Waals surface area contributed by atoms with Crippen LogP contribution in [0.3, 0.4) is 0 Å². The van der Waals surface area contributed by atoms with Crippen LogP contribution in [0.25, 0.3) is 10.8 Å². The number of nitrogens with one attached hydrogen (secondary N) is 1. The van der Waals surface area contributed by atoms with Gasteiger partial charge in [0.15, 0.2) is 0 Å². The molecule has 1 aliphatic carbocycles. The summed E-state index contributed by atoms with van der Waals surface area (Å²) in [5, 5.41) is 8.47. The van der Waals surface area contributed by atoms with Gasteiger partial charge in [0, 0.05) is 0 Å². The predicted molar refractivity (Wildman–Crippen MR) is 121 cm³/mol. The van der Waals surface area contributed by atoms with Gasteiger partial charge in [-0.3, -0.25) is 0 Å². The minimum atomic E-state index is -3.02. The van der Waals surface area contributed by atoms with Crippen LogP contribution in [-0.2, 0) is 11.2 Å². The van der Waals surface area contributed by atoms with Gasteiger partial charge >= 0.3 is 179 Å². The van der Waals surface area contributed by atoms with Crippen LogP contribution in [0.4, 0.5) is 4.39 Å². The second kappa shape index (κ2) is 7.81. The number of fused-ring (bicyclic) bond motifs is 1. The van der Waals surface area contributed by atoms with Gasteiger partial charge in [-0.1, -0.05) is 0 Å². The van der Waals surface area contributed by atoms with Gasteiger partial charge in [0.05, 0.1) is 0 Å². The van der Waals surface area contributed by atoms with Gasteiger partial charge in [0.1, 0.15) is 0 Å². The van der Waals surface area contributed by atoms with Crippen molar-refractivity contribution in [2.45, 2.75) is 19.3 Å². The Morgan fingerprint density at radius 3 is 2.58 bits per heavy atom. The van der Waals surface area contributed by atoms with Gasteiger partial charge in [-0.2, -0.15) is 0 Å². The zero-order valence-corrected chi connectivity index (χ0v) is 18.1. The van der Waals surface area contributed by atoms with Crippen LogP contribution in [0, 0.1) is 11.7 Å². The van der Waals surface area contributed by atoms with Gasteiger partial charge < -0.3 is 0 Å². The maximum atomic E-state index is 14.8. The number of H-pyrrole nitrogens is 1. The van der Waals surface area contributed by atoms with E-state index >= 15 is 0 Å². The summed E-state index contributed by atoms with van der Waals surface area (Å²) in [6, 6.07) is 12.1. The van der Waals surface area contributed by atoms with E-state index in [2.05, 4.69) is 10.2 Å². The molecular weight excluding hydrogens is 416 g/mol. The molecule has 0 atom stereocenters. The summed E-state index contributed by atoms with van der Waals surface area (Å²) in [6.07, 6.45) is 3.24. The summed E-state index contributed by atoms with van der Waals surface area (Å²) in [5.41, 5.74) is 1.29. The molecule has 162 valence electrons. The summed E-state index contributed by atoms with van der Waals surface area (Å²) in [7, 11) is -3.02. The fourth-order valence-corrected chi connectivity index (χ4v) is 7.54. The molecule has 1 saturated carbocycles. The number of halogens is 1. The van der Waals surface area contributed by atoms with Gasteiger partial charge in [0.25, 0.3) is 0 Å². The molecule has 1 saturated heterocycles. The molecule has 31 heavy (non-hydrogen) atoms. The molecule has 1 amide bonds. The first kappa shape index (κ1) is 20.3. The van der Waals surface area contributed by atoms with E-state index in [4.69, 9.17) is 0 Å². The fourth-order valence-electron chi connectivity index (χ4n) is 4.49. The number of amides is 1. The summed E-state index contributed by atoms with van der Waals surface area (Å²) in [6.45, 7) is 0.988. The van der Waals surface area contributed by atoms with Crippen LogP contribution in [0.1, 0.15) is 24.1 Å². The van der Waals surface area contributed by atoms with Crippen molar-refractivity contribution < 1.29 is 14.1 Å². The van der Waals surface area contributed by atoms with Crippen LogP contribution in [0.2, 0.25) is 0 Å². The number of carbonyl (C=O) groups excluding carboxylic acids is 1. The molecular formula is C23H25FN3O3P. The Morgan fingerprint density at radius 2 is 1.87 bits per heavy atom. The molecule has 1 aliphatic heterocycles. The Labute approximate surface area is 179 Å². The zero-order chi connectivity index (χ0) is 21.6. The first-order chi connectivity index (χ1) is 14.9. The number of hydrogen-bond acceptors (Lipinski definition) is 4. The summed E-state index contributed by atoms with van der Waals surface area (Å²) in [4.78, 5) is 37.5. The quantitative estimate of drug-likeness (QED) is 0.608. The van der Waals surface area contributed by atoms with E-state index in [1.165, 1.54) is 6.07 Å². The molecule has 0 bridgehead atoms. The zero-order valence-electron chi connectivity index (χ0n) is 17.1. The normalized spacial score (nSPS) is 19.4. The molecule has 8 heteroatoms. The van der Waals surface area contributed by atoms with Crippen molar-refractivity contribution in [1.29, 1.82) is 0 Å². The summed E-state index contributed by atoms with van der Waals surface area (Å²) in [5.74, 6) is -0.0481. The number of nitrogens with zero attached hydrogens (tertiary/aromatic N) is 2. The third kappa shape index (κ3) is 3.88. The summed E-state index contributed by atoms with van der Waals surface area (Å²) < 4.78 is 14.8. The third-order valence-corrected chi connectivity index (χ3v) is 9.99. The summed E-state index contributed by atoms with van der Waals surface area (Å²) >= 11 is 0. The van der Waals surface area contributed by atoms with Crippen molar-refractivity contribution in [2.75, 3.05) is 25.4 Å². The van der Waals surface area contributed by atoms with E-state index in [0.717, 1.165) is 23.8 Å². The number of aromatic nitrogens is 2. The van der Waals surface area contributed by atoms with Crippen LogP contribution in [0.5, 0.6) is 0 Å². The van der Waals surface area contributed by atoms with Crippen molar-refractivity contribution in [1.82, 2.24) is 15.1 Å². The van der Waals surface area contributed by atoms with E-state index in [1.807, 2.05) is 17.0 Å². The molecule has 2 aromatic carbocycles. The standard InChI is InChI=1S/C23H25FN3O3P/c24-19-8-5-15(13-20-17-3-1-2-4-18(17)22(28)26-25-20)14-21(19)31(30)11-9-27(10-12-31)23(29)16-6-7-16/h1-5,8,14,16,30-31H,6-7,9-13H2,(H,26,28). The molecule has 2 N–H and O–H groups in total. The first-order valence-corrected chi connectivity index (χ1v) is 13.1. The van der Waals surface area contributed by atoms with Crippen LogP contribution in [0.15, 0.2) is 47.3 Å². The topological polar surface area (TPSA) is 86.3 Å². The van der Waals surface area contributed by atoms with Gasteiger partial charge in [-0.05, 0) is 0 Å². The van der Waals surface area contributed by atoms with E-state index in [0.29, 0.717) is 48.2 Å². The number of benzene rings is 2. The number of hydrogen-bond donors (Lipinski definition) is 2. The van der Waals surface area contributed by atoms with Crippen molar-refractivity contribution in [2.24, 2.45) is 5.92 Å². The molecule has 6 nitrogen and oxygen atoms in total. The van der Waals surface area contributed by atoms with Crippen molar-refractivity contribution in [3.05, 3.63) is 69.9 Å². The van der Waals surface area contributed by atoms with E-state index < -0.39 is 7.49 Å². The van der Waals surface area contributed by atoms with Gasteiger partial charge in [-0.15, -0.1) is 0 Å². The van der Waals surface area contributed by atoms with Crippen LogP contribution >= 0.6 is 7.49 Å². The Hall–Kier alpha value is -2.63. The second-order valence-electron chi connectivity index (χ2n) is 8.67. The Morgan fingerprint density at radius 1 is 1.16 bits per heavy atom. The van der Waals surface area contributed by atoms with E-state index in [1.54, 1.807) is 24.3 Å². The number of aromatic amines is 1. The Bertz CT molecular complexity index is 1220. The number of carbonyl (C=O) groups is 1. The average molecular weight is 441 g/mol. The molecule has 0 unspecified atom stereocenters. The Kier molecular flexibility index (Phi) is 5.11. The number of rotatable bonds is 4. The average Bonchev–Trinajstić information content (AvgIpc) is 3.63. The maximum absolute atomic E-state index is 14.8. The molecule has 2 heterocycles.